The van der Waals surface area contributed by atoms with E-state index < -0.39 is 0 Å². The predicted molar refractivity (Wildman–Crippen MR) is 92.5 cm³/mol. The molecule has 118 valence electrons. The van der Waals surface area contributed by atoms with Crippen LogP contribution in [0.3, 0.4) is 0 Å². The van der Waals surface area contributed by atoms with Gasteiger partial charge in [0, 0.05) is 10.9 Å². The zero-order valence-corrected chi connectivity index (χ0v) is 13.4. The van der Waals surface area contributed by atoms with Crippen molar-refractivity contribution in [2.45, 2.75) is 6.92 Å². The van der Waals surface area contributed by atoms with E-state index in [9.17, 15) is 4.79 Å². The van der Waals surface area contributed by atoms with Crippen LogP contribution in [-0.4, -0.2) is 27.6 Å². The minimum Gasteiger partial charge on any atom is -0.497 e. The van der Waals surface area contributed by atoms with E-state index in [4.69, 9.17) is 4.74 Å². The predicted octanol–water partition coefficient (Wildman–Crippen LogP) is 3.59. The van der Waals surface area contributed by atoms with Crippen molar-refractivity contribution in [3.63, 3.8) is 0 Å². The van der Waals surface area contributed by atoms with Crippen LogP contribution >= 0.6 is 0 Å². The van der Waals surface area contributed by atoms with Crippen LogP contribution in [-0.2, 0) is 0 Å². The Bertz CT molecular complexity index is 1070. The molecule has 2 aromatic heterocycles. The van der Waals surface area contributed by atoms with Crippen molar-refractivity contribution >= 4 is 27.8 Å². The lowest BCUT2D eigenvalue weighted by atomic mass is 10.2. The minimum absolute atomic E-state index is 0.0985. The van der Waals surface area contributed by atoms with Crippen LogP contribution in [0.15, 0.2) is 54.9 Å². The monoisotopic (exact) mass is 317 g/mol. The molecular weight excluding hydrogens is 302 g/mol. The first-order valence-corrected chi connectivity index (χ1v) is 7.60. The molecule has 0 fully saturated rings. The largest absolute Gasteiger partial charge is 0.497 e. The average molecular weight is 317 g/mol. The summed E-state index contributed by atoms with van der Waals surface area (Å²) in [5.41, 5.74) is 3.66. The summed E-state index contributed by atoms with van der Waals surface area (Å²) < 4.78 is 7.01. The van der Waals surface area contributed by atoms with Crippen LogP contribution in [0.25, 0.3) is 21.9 Å². The Balaban J connectivity index is 2.11. The third kappa shape index (κ3) is 2.06. The van der Waals surface area contributed by atoms with Crippen molar-refractivity contribution < 1.29 is 9.53 Å². The van der Waals surface area contributed by atoms with Gasteiger partial charge in [0.1, 0.15) is 17.6 Å². The molecule has 0 spiro atoms. The fourth-order valence-corrected chi connectivity index (χ4v) is 3.00. The molecular formula is C19H15N3O2. The number of aryl methyl sites for hydroxylation is 1. The molecule has 0 bridgehead atoms. The Kier molecular flexibility index (Phi) is 3.27. The lowest BCUT2D eigenvalue weighted by Crippen LogP contribution is -2.12. The van der Waals surface area contributed by atoms with E-state index in [1.54, 1.807) is 11.7 Å². The van der Waals surface area contributed by atoms with Gasteiger partial charge in [0.15, 0.2) is 0 Å². The van der Waals surface area contributed by atoms with Gasteiger partial charge in [-0.2, -0.15) is 0 Å². The topological polar surface area (TPSA) is 57.0 Å². The highest BCUT2D eigenvalue weighted by Gasteiger charge is 2.20. The maximum absolute atomic E-state index is 13.1. The smallest absolute Gasteiger partial charge is 0.262 e. The summed E-state index contributed by atoms with van der Waals surface area (Å²) in [5.74, 6) is 0.628. The van der Waals surface area contributed by atoms with Gasteiger partial charge >= 0.3 is 0 Å². The second-order valence-corrected chi connectivity index (χ2v) is 5.55. The van der Waals surface area contributed by atoms with E-state index in [1.165, 1.54) is 6.33 Å². The summed E-state index contributed by atoms with van der Waals surface area (Å²) in [7, 11) is 1.62. The van der Waals surface area contributed by atoms with Crippen LogP contribution in [0.4, 0.5) is 0 Å². The lowest BCUT2D eigenvalue weighted by Gasteiger charge is -2.07. The summed E-state index contributed by atoms with van der Waals surface area (Å²) in [6.07, 6.45) is 1.52. The Morgan fingerprint density at radius 3 is 2.62 bits per heavy atom. The molecule has 0 aliphatic carbocycles. The highest BCUT2D eigenvalue weighted by molar-refractivity contribution is 6.15. The van der Waals surface area contributed by atoms with E-state index in [1.807, 2.05) is 55.5 Å². The first-order valence-electron chi connectivity index (χ1n) is 7.60. The molecule has 0 saturated carbocycles. The van der Waals surface area contributed by atoms with Crippen LogP contribution in [0.2, 0.25) is 0 Å². The van der Waals surface area contributed by atoms with Gasteiger partial charge < -0.3 is 4.74 Å². The lowest BCUT2D eigenvalue weighted by molar-refractivity contribution is 0.0969. The number of nitrogens with zero attached hydrogens (tertiary/aromatic N) is 3. The van der Waals surface area contributed by atoms with Gasteiger partial charge in [-0.25, -0.2) is 9.97 Å². The Morgan fingerprint density at radius 2 is 1.88 bits per heavy atom. The summed E-state index contributed by atoms with van der Waals surface area (Å²) in [6.45, 7) is 1.88. The van der Waals surface area contributed by atoms with E-state index in [0.717, 1.165) is 33.4 Å². The first-order chi connectivity index (χ1) is 11.7. The van der Waals surface area contributed by atoms with Gasteiger partial charge in [-0.05, 0) is 37.3 Å². The summed E-state index contributed by atoms with van der Waals surface area (Å²) in [5, 5.41) is 0.874. The second kappa shape index (κ2) is 5.45. The van der Waals surface area contributed by atoms with Crippen molar-refractivity contribution in [3.05, 3.63) is 66.1 Å². The zero-order valence-electron chi connectivity index (χ0n) is 13.4. The maximum Gasteiger partial charge on any atom is 0.262 e. The molecule has 2 heterocycles. The normalized spacial score (nSPS) is 11.1. The third-order valence-corrected chi connectivity index (χ3v) is 4.15. The maximum atomic E-state index is 13.1. The number of ether oxygens (including phenoxy) is 1. The van der Waals surface area contributed by atoms with Crippen molar-refractivity contribution in [1.29, 1.82) is 0 Å². The van der Waals surface area contributed by atoms with Crippen molar-refractivity contribution in [1.82, 2.24) is 14.5 Å². The van der Waals surface area contributed by atoms with E-state index in [-0.39, 0.29) is 5.91 Å². The highest BCUT2D eigenvalue weighted by atomic mass is 16.5. The highest BCUT2D eigenvalue weighted by Crippen LogP contribution is 2.32. The number of rotatable bonds is 2. The number of carbonyl (C=O) groups excluding carboxylic acids is 1. The fraction of sp³-hybridized carbons (Fsp3) is 0.105. The summed E-state index contributed by atoms with van der Waals surface area (Å²) in [4.78, 5) is 21.8. The second-order valence-electron chi connectivity index (χ2n) is 5.55. The fourth-order valence-electron chi connectivity index (χ4n) is 3.00. The van der Waals surface area contributed by atoms with Crippen LogP contribution in [0.1, 0.15) is 16.1 Å². The van der Waals surface area contributed by atoms with E-state index in [2.05, 4.69) is 9.97 Å². The molecule has 0 unspecified atom stereocenters. The molecule has 0 N–H and O–H groups in total. The van der Waals surface area contributed by atoms with Crippen molar-refractivity contribution in [2.24, 2.45) is 0 Å². The molecule has 24 heavy (non-hydrogen) atoms. The number of hydrogen-bond acceptors (Lipinski definition) is 4. The van der Waals surface area contributed by atoms with E-state index >= 15 is 0 Å². The molecule has 5 heteroatoms. The number of carbonyl (C=O) groups is 1. The minimum atomic E-state index is -0.0985. The number of aromatic nitrogens is 3. The van der Waals surface area contributed by atoms with Gasteiger partial charge in [-0.15, -0.1) is 0 Å². The molecule has 5 nitrogen and oxygen atoms in total. The van der Waals surface area contributed by atoms with E-state index in [0.29, 0.717) is 5.56 Å². The zero-order chi connectivity index (χ0) is 16.7. The number of benzene rings is 2. The number of methoxy groups -OCH3 is 1. The molecule has 0 aliphatic heterocycles. The van der Waals surface area contributed by atoms with Crippen molar-refractivity contribution in [3.8, 4) is 5.75 Å². The quantitative estimate of drug-likeness (QED) is 0.567. The molecule has 0 saturated heterocycles. The Labute approximate surface area is 138 Å². The van der Waals surface area contributed by atoms with Gasteiger partial charge in [0.25, 0.3) is 5.91 Å². The van der Waals surface area contributed by atoms with Crippen LogP contribution in [0, 0.1) is 6.92 Å². The Morgan fingerprint density at radius 1 is 1.08 bits per heavy atom. The average Bonchev–Trinajstić information content (AvgIpc) is 2.97. The SMILES string of the molecule is COc1ccc2c(c1)c1ncnc(C)c1n2C(=O)c1ccccc1. The molecule has 4 rings (SSSR count). The van der Waals surface area contributed by atoms with Gasteiger partial charge in [0.05, 0.1) is 23.8 Å². The van der Waals surface area contributed by atoms with Gasteiger partial charge in [-0.3, -0.25) is 9.36 Å². The molecule has 0 atom stereocenters. The molecule has 0 amide bonds. The van der Waals surface area contributed by atoms with Crippen molar-refractivity contribution in [2.75, 3.05) is 7.11 Å². The molecule has 2 aromatic carbocycles. The summed E-state index contributed by atoms with van der Waals surface area (Å²) in [6, 6.07) is 14.8. The number of fused-ring (bicyclic) bond motifs is 3. The van der Waals surface area contributed by atoms with Gasteiger partial charge in [-0.1, -0.05) is 18.2 Å². The number of hydrogen-bond donors (Lipinski definition) is 0. The first kappa shape index (κ1) is 14.4. The molecule has 0 aliphatic rings. The van der Waals surface area contributed by atoms with Crippen LogP contribution < -0.4 is 4.74 Å². The third-order valence-electron chi connectivity index (χ3n) is 4.15. The Hall–Kier alpha value is -3.21. The standard InChI is InChI=1S/C19H15N3O2/c1-12-18-17(21-11-20-12)15-10-14(24-2)8-9-16(15)22(18)19(23)13-6-4-3-5-7-13/h3-11H,1-2H3. The molecule has 4 aromatic rings. The van der Waals surface area contributed by atoms with Crippen LogP contribution in [0.5, 0.6) is 5.75 Å². The van der Waals surface area contributed by atoms with Gasteiger partial charge in [0.2, 0.25) is 0 Å². The summed E-state index contributed by atoms with van der Waals surface area (Å²) >= 11 is 0. The molecule has 0 radical (unpaired) electrons.